The molecular weight excluding hydrogens is 500 g/mol. The summed E-state index contributed by atoms with van der Waals surface area (Å²) in [6, 6.07) is 34.9. The second-order valence-electron chi connectivity index (χ2n) is 9.71. The molecule has 0 aliphatic carbocycles. The van der Waals surface area contributed by atoms with Crippen LogP contribution in [0.5, 0.6) is 0 Å². The molecule has 5 heteroatoms. The third kappa shape index (κ3) is 3.14. The number of rotatable bonds is 2. The summed E-state index contributed by atoms with van der Waals surface area (Å²) in [5, 5.41) is 3.97. The second-order valence-corrected chi connectivity index (χ2v) is 11.5. The summed E-state index contributed by atoms with van der Waals surface area (Å²) in [7, 11) is -3.86. The number of benzene rings is 5. The Morgan fingerprint density at radius 2 is 1.23 bits per heavy atom. The minimum atomic E-state index is -3.86. The molecule has 2 aromatic heterocycles. The van der Waals surface area contributed by atoms with Gasteiger partial charge in [-0.1, -0.05) is 97.1 Å². The van der Waals surface area contributed by atoms with Crippen molar-refractivity contribution in [1.82, 2.24) is 9.97 Å². The maximum absolute atomic E-state index is 13.8. The van der Waals surface area contributed by atoms with Crippen molar-refractivity contribution in [3.8, 4) is 33.5 Å². The zero-order chi connectivity index (χ0) is 27.0. The molecule has 1 aliphatic heterocycles. The third-order valence-corrected chi connectivity index (χ3v) is 9.44. The second kappa shape index (κ2) is 8.06. The van der Waals surface area contributed by atoms with E-state index >= 15 is 0 Å². The van der Waals surface area contributed by atoms with Crippen molar-refractivity contribution in [2.45, 2.75) is 9.79 Å². The van der Waals surface area contributed by atoms with Crippen LogP contribution in [0.15, 0.2) is 131 Å². The van der Waals surface area contributed by atoms with E-state index in [1.807, 2.05) is 66.7 Å². The number of hydrogen-bond donors (Lipinski definition) is 0. The van der Waals surface area contributed by atoms with Gasteiger partial charge in [0.2, 0.25) is 9.84 Å². The number of hydrogen-bond acceptors (Lipinski definition) is 4. The molecule has 184 valence electrons. The summed E-state index contributed by atoms with van der Waals surface area (Å²) in [6.07, 6.45) is 1.79. The van der Waals surface area contributed by atoms with Gasteiger partial charge in [-0.15, -0.1) is 0 Å². The van der Waals surface area contributed by atoms with Crippen LogP contribution in [0.4, 0.5) is 0 Å². The van der Waals surface area contributed by atoms with Crippen LogP contribution in [0.3, 0.4) is 0 Å². The molecule has 0 bridgehead atoms. The molecule has 0 saturated heterocycles. The van der Waals surface area contributed by atoms with Crippen LogP contribution in [-0.2, 0) is 9.84 Å². The molecule has 0 unspecified atom stereocenters. The number of pyridine rings is 2. The first-order valence-corrected chi connectivity index (χ1v) is 14.2. The summed E-state index contributed by atoms with van der Waals surface area (Å²) in [5.41, 5.74) is 6.19. The molecule has 7 aromatic rings. The van der Waals surface area contributed by atoms with Gasteiger partial charge in [-0.25, -0.2) is 13.4 Å². The van der Waals surface area contributed by atoms with Crippen LogP contribution in [0, 0.1) is 0 Å². The zero-order valence-electron chi connectivity index (χ0n) is 21.6. The lowest BCUT2D eigenvalue weighted by Gasteiger charge is -2.14. The van der Waals surface area contributed by atoms with Gasteiger partial charge in [-0.05, 0) is 34.5 Å². The Labute approximate surface area is 226 Å². The van der Waals surface area contributed by atoms with Crippen molar-refractivity contribution >= 4 is 42.4 Å². The highest BCUT2D eigenvalue weighted by molar-refractivity contribution is 7.92. The molecule has 0 fully saturated rings. The lowest BCUT2D eigenvalue weighted by atomic mass is 9.92. The zero-order valence-corrected chi connectivity index (χ0v) is 21.4. The van der Waals surface area contributed by atoms with E-state index in [-0.39, 0.29) is 15.8 Å². The summed E-state index contributed by atoms with van der Waals surface area (Å²) < 4.78 is 36.0. The number of sulfone groups is 1. The molecule has 0 radical (unpaired) electrons. The number of aromatic nitrogens is 2. The Bertz CT molecular complexity index is 2310. The molecular formula is C34H20N2O2S. The maximum atomic E-state index is 13.8. The predicted molar refractivity (Wildman–Crippen MR) is 156 cm³/mol. The molecule has 3 heterocycles. The monoisotopic (exact) mass is 521 g/mol. The Hall–Kier alpha value is -4.87. The molecule has 8 rings (SSSR count). The van der Waals surface area contributed by atoms with Gasteiger partial charge in [0.1, 0.15) is 0 Å². The fourth-order valence-electron chi connectivity index (χ4n) is 5.84. The fraction of sp³-hybridized carbons (Fsp3) is 0. The first kappa shape index (κ1) is 21.1. The van der Waals surface area contributed by atoms with Gasteiger partial charge < -0.3 is 0 Å². The standard InChI is InChI=1S/C34H20N2O2S/c37-39(38)31-13-4-3-10-27(31)29-12-5-11-28(34(29)39)25-17-18-26(24-9-2-1-8-23(24)25)30-19-16-22-15-14-21-7-6-20-35-32(21)33(22)36-30/h1-20H/i13D. The molecule has 0 saturated carbocycles. The smallest absolute Gasteiger partial charge is 0.208 e. The van der Waals surface area contributed by atoms with E-state index in [0.717, 1.165) is 49.4 Å². The van der Waals surface area contributed by atoms with Gasteiger partial charge in [-0.3, -0.25) is 4.98 Å². The summed E-state index contributed by atoms with van der Waals surface area (Å²) in [6.45, 7) is 0. The van der Waals surface area contributed by atoms with Crippen LogP contribution in [0.25, 0.3) is 66.1 Å². The van der Waals surface area contributed by atoms with Crippen LogP contribution in [-0.4, -0.2) is 18.4 Å². The van der Waals surface area contributed by atoms with E-state index in [9.17, 15) is 8.42 Å². The van der Waals surface area contributed by atoms with Gasteiger partial charge in [0, 0.05) is 39.2 Å². The molecule has 5 aromatic carbocycles. The van der Waals surface area contributed by atoms with E-state index in [0.29, 0.717) is 16.7 Å². The number of fused-ring (bicyclic) bond motifs is 7. The van der Waals surface area contributed by atoms with E-state index in [4.69, 9.17) is 6.35 Å². The third-order valence-electron chi connectivity index (χ3n) is 7.58. The average molecular weight is 522 g/mol. The highest BCUT2D eigenvalue weighted by atomic mass is 32.2. The van der Waals surface area contributed by atoms with Crippen LogP contribution in [0.2, 0.25) is 0 Å². The normalized spacial score (nSPS) is 13.9. The van der Waals surface area contributed by atoms with Crippen molar-refractivity contribution in [3.63, 3.8) is 0 Å². The van der Waals surface area contributed by atoms with Gasteiger partial charge in [0.25, 0.3) is 0 Å². The minimum Gasteiger partial charge on any atom is -0.254 e. The highest BCUT2D eigenvalue weighted by Crippen LogP contribution is 2.48. The molecule has 0 spiro atoms. The van der Waals surface area contributed by atoms with Crippen LogP contribution in [0.1, 0.15) is 1.37 Å². The molecule has 0 amide bonds. The van der Waals surface area contributed by atoms with E-state index in [1.165, 1.54) is 6.07 Å². The predicted octanol–water partition coefficient (Wildman–Crippen LogP) is 8.08. The maximum Gasteiger partial charge on any atom is 0.208 e. The average Bonchev–Trinajstić information content (AvgIpc) is 3.24. The summed E-state index contributed by atoms with van der Waals surface area (Å²) in [5.74, 6) is 0. The molecule has 1 aliphatic rings. The van der Waals surface area contributed by atoms with Gasteiger partial charge in [0.05, 0.1) is 27.9 Å². The summed E-state index contributed by atoms with van der Waals surface area (Å²) >= 11 is 0. The van der Waals surface area contributed by atoms with Crippen molar-refractivity contribution in [2.75, 3.05) is 0 Å². The minimum absolute atomic E-state index is 0.0178. The topological polar surface area (TPSA) is 59.9 Å². The molecule has 4 nitrogen and oxygen atoms in total. The van der Waals surface area contributed by atoms with Gasteiger partial charge in [-0.2, -0.15) is 0 Å². The van der Waals surface area contributed by atoms with Crippen molar-refractivity contribution in [2.24, 2.45) is 0 Å². The lowest BCUT2D eigenvalue weighted by Crippen LogP contribution is -1.99. The van der Waals surface area contributed by atoms with E-state index < -0.39 is 9.84 Å². The fourth-order valence-corrected chi connectivity index (χ4v) is 7.67. The molecule has 0 N–H and O–H groups in total. The Kier molecular flexibility index (Phi) is 4.36. The lowest BCUT2D eigenvalue weighted by molar-refractivity contribution is 0.599. The van der Waals surface area contributed by atoms with Crippen molar-refractivity contribution in [3.05, 3.63) is 121 Å². The molecule has 39 heavy (non-hydrogen) atoms. The van der Waals surface area contributed by atoms with Crippen LogP contribution < -0.4 is 0 Å². The molecule has 0 atom stereocenters. The largest absolute Gasteiger partial charge is 0.254 e. The summed E-state index contributed by atoms with van der Waals surface area (Å²) in [4.78, 5) is 10.0. The SMILES string of the molecule is [2H]c1cccc2c1S(=O)(=O)c1c-2cccc1-c1ccc(-c2ccc3ccc4cccnc4c3n2)c2ccccc12. The highest BCUT2D eigenvalue weighted by Gasteiger charge is 2.35. The van der Waals surface area contributed by atoms with Crippen molar-refractivity contribution < 1.29 is 9.79 Å². The Morgan fingerprint density at radius 1 is 0.564 bits per heavy atom. The first-order valence-electron chi connectivity index (χ1n) is 13.2. The van der Waals surface area contributed by atoms with E-state index in [2.05, 4.69) is 29.2 Å². The first-order chi connectivity index (χ1) is 19.5. The van der Waals surface area contributed by atoms with Crippen molar-refractivity contribution in [1.29, 1.82) is 0 Å². The van der Waals surface area contributed by atoms with E-state index in [1.54, 1.807) is 18.3 Å². The quantitative estimate of drug-likeness (QED) is 0.216. The Balaban J connectivity index is 1.37. The number of nitrogens with zero attached hydrogens (tertiary/aromatic N) is 2. The van der Waals surface area contributed by atoms with Gasteiger partial charge in [0.15, 0.2) is 0 Å². The Morgan fingerprint density at radius 3 is 2.08 bits per heavy atom. The van der Waals surface area contributed by atoms with Crippen LogP contribution >= 0.6 is 0 Å². The van der Waals surface area contributed by atoms with Gasteiger partial charge >= 0.3 is 0 Å².